The zero-order valence-corrected chi connectivity index (χ0v) is 17.8. The lowest BCUT2D eigenvalue weighted by atomic mass is 9.75. The van der Waals surface area contributed by atoms with Crippen molar-refractivity contribution in [3.8, 4) is 0 Å². The Labute approximate surface area is 186 Å². The van der Waals surface area contributed by atoms with E-state index in [9.17, 15) is 14.8 Å². The van der Waals surface area contributed by atoms with Crippen molar-refractivity contribution >= 4 is 24.0 Å². The predicted octanol–water partition coefficient (Wildman–Crippen LogP) is 2.25. The Balaban J connectivity index is 1.31. The van der Waals surface area contributed by atoms with Gasteiger partial charge >= 0.3 is 7.12 Å². The lowest BCUT2D eigenvalue weighted by Crippen LogP contribution is -2.48. The number of rotatable bonds is 6. The summed E-state index contributed by atoms with van der Waals surface area (Å²) in [4.78, 5) is 12.9. The average Bonchev–Trinajstić information content (AvgIpc) is 3.36. The maximum Gasteiger partial charge on any atom is 0.475 e. The van der Waals surface area contributed by atoms with Crippen LogP contribution in [0.25, 0.3) is 11.0 Å². The molecule has 1 atom stereocenters. The molecule has 5 rings (SSSR count). The van der Waals surface area contributed by atoms with Gasteiger partial charge in [-0.25, -0.2) is 0 Å². The SMILES string of the molecule is O=C(Cc1cccc2c1COC21CCOCC1)N[C@@H](Cc1coc2ccccc12)B(O)O. The molecule has 0 bridgehead atoms. The molecule has 0 aliphatic carbocycles. The molecule has 1 aromatic heterocycles. The molecule has 1 fully saturated rings. The highest BCUT2D eigenvalue weighted by atomic mass is 16.5. The molecule has 0 saturated carbocycles. The second kappa shape index (κ2) is 8.71. The quantitative estimate of drug-likeness (QED) is 0.514. The number of benzene rings is 2. The van der Waals surface area contributed by atoms with Crippen molar-refractivity contribution in [1.82, 2.24) is 5.32 Å². The molecule has 2 aliphatic rings. The molecule has 1 amide bonds. The minimum Gasteiger partial charge on any atom is -0.464 e. The maximum absolute atomic E-state index is 12.9. The van der Waals surface area contributed by atoms with E-state index in [1.165, 1.54) is 0 Å². The summed E-state index contributed by atoms with van der Waals surface area (Å²) in [6.07, 6.45) is 3.62. The van der Waals surface area contributed by atoms with Crippen LogP contribution in [0.4, 0.5) is 0 Å². The molecule has 32 heavy (non-hydrogen) atoms. The first-order valence-corrected chi connectivity index (χ1v) is 11.0. The summed E-state index contributed by atoms with van der Waals surface area (Å²) in [6, 6.07) is 13.5. The molecule has 3 N–H and O–H groups in total. The summed E-state index contributed by atoms with van der Waals surface area (Å²) in [5, 5.41) is 23.5. The van der Waals surface area contributed by atoms with E-state index in [2.05, 4.69) is 11.4 Å². The molecule has 1 spiro atoms. The number of hydrogen-bond acceptors (Lipinski definition) is 6. The van der Waals surface area contributed by atoms with Gasteiger partial charge in [0.15, 0.2) is 0 Å². The Morgan fingerprint density at radius 1 is 1.09 bits per heavy atom. The Morgan fingerprint density at radius 2 is 1.91 bits per heavy atom. The van der Waals surface area contributed by atoms with Crippen LogP contribution in [-0.4, -0.2) is 42.2 Å². The Hall–Kier alpha value is -2.65. The van der Waals surface area contributed by atoms with Gasteiger partial charge in [-0.1, -0.05) is 36.4 Å². The summed E-state index contributed by atoms with van der Waals surface area (Å²) in [6.45, 7) is 1.82. The van der Waals surface area contributed by atoms with E-state index in [1.54, 1.807) is 6.26 Å². The van der Waals surface area contributed by atoms with E-state index >= 15 is 0 Å². The number of nitrogens with one attached hydrogen (secondary N) is 1. The van der Waals surface area contributed by atoms with Crippen LogP contribution in [0.5, 0.6) is 0 Å². The van der Waals surface area contributed by atoms with Gasteiger partial charge in [-0.3, -0.25) is 4.79 Å². The number of furan rings is 1. The van der Waals surface area contributed by atoms with Crippen LogP contribution < -0.4 is 5.32 Å². The number of fused-ring (bicyclic) bond motifs is 3. The number of hydrogen-bond donors (Lipinski definition) is 3. The van der Waals surface area contributed by atoms with Crippen molar-refractivity contribution in [1.29, 1.82) is 0 Å². The molecular weight excluding hydrogens is 409 g/mol. The Kier molecular flexibility index (Phi) is 5.77. The lowest BCUT2D eigenvalue weighted by molar-refractivity contribution is -0.120. The summed E-state index contributed by atoms with van der Waals surface area (Å²) in [7, 11) is -1.69. The number of amides is 1. The molecule has 7 nitrogen and oxygen atoms in total. The molecule has 0 unspecified atom stereocenters. The van der Waals surface area contributed by atoms with Gasteiger partial charge in [0.1, 0.15) is 5.58 Å². The van der Waals surface area contributed by atoms with Gasteiger partial charge in [0.25, 0.3) is 0 Å². The van der Waals surface area contributed by atoms with Gasteiger partial charge in [-0.15, -0.1) is 0 Å². The van der Waals surface area contributed by atoms with Crippen LogP contribution in [-0.2, 0) is 39.3 Å². The normalized spacial score (nSPS) is 17.9. The van der Waals surface area contributed by atoms with Gasteiger partial charge < -0.3 is 29.3 Å². The van der Waals surface area contributed by atoms with Crippen LogP contribution in [0.1, 0.15) is 35.1 Å². The molecular formula is C24H26BNO6. The third-order valence-corrected chi connectivity index (χ3v) is 6.62. The van der Waals surface area contributed by atoms with Crippen LogP contribution in [0.2, 0.25) is 0 Å². The fourth-order valence-corrected chi connectivity index (χ4v) is 4.89. The molecule has 1 saturated heterocycles. The number of carbonyl (C=O) groups excluding carboxylic acids is 1. The number of carbonyl (C=O) groups is 1. The van der Waals surface area contributed by atoms with E-state index in [0.717, 1.165) is 46.1 Å². The minimum atomic E-state index is -1.69. The van der Waals surface area contributed by atoms with Gasteiger partial charge in [0, 0.05) is 31.4 Å². The highest BCUT2D eigenvalue weighted by Crippen LogP contribution is 2.44. The van der Waals surface area contributed by atoms with E-state index in [0.29, 0.717) is 19.8 Å². The minimum absolute atomic E-state index is 0.147. The summed E-state index contributed by atoms with van der Waals surface area (Å²) in [5.41, 5.74) is 4.34. The summed E-state index contributed by atoms with van der Waals surface area (Å²) in [5.74, 6) is -1.12. The van der Waals surface area contributed by atoms with Crippen molar-refractivity contribution in [3.05, 3.63) is 71.0 Å². The Morgan fingerprint density at radius 3 is 2.72 bits per heavy atom. The van der Waals surface area contributed by atoms with Crippen molar-refractivity contribution < 1.29 is 28.7 Å². The topological polar surface area (TPSA) is 101 Å². The molecule has 3 aromatic rings. The monoisotopic (exact) mass is 435 g/mol. The van der Waals surface area contributed by atoms with Crippen molar-refractivity contribution in [2.24, 2.45) is 0 Å². The van der Waals surface area contributed by atoms with Gasteiger partial charge in [0.2, 0.25) is 5.91 Å². The number of para-hydroxylation sites is 1. The maximum atomic E-state index is 12.9. The van der Waals surface area contributed by atoms with Crippen molar-refractivity contribution in [3.63, 3.8) is 0 Å². The zero-order chi connectivity index (χ0) is 22.1. The van der Waals surface area contributed by atoms with Crippen LogP contribution in [0.15, 0.2) is 53.1 Å². The fraction of sp³-hybridized carbons (Fsp3) is 0.375. The second-order valence-corrected chi connectivity index (χ2v) is 8.56. The second-order valence-electron chi connectivity index (χ2n) is 8.56. The van der Waals surface area contributed by atoms with E-state index in [-0.39, 0.29) is 24.3 Å². The van der Waals surface area contributed by atoms with Crippen LogP contribution >= 0.6 is 0 Å². The molecule has 8 heteroatoms. The third-order valence-electron chi connectivity index (χ3n) is 6.62. The molecule has 2 aromatic carbocycles. The van der Waals surface area contributed by atoms with Crippen LogP contribution in [0, 0.1) is 0 Å². The summed E-state index contributed by atoms with van der Waals surface area (Å²) < 4.78 is 17.2. The number of ether oxygens (including phenoxy) is 2. The lowest BCUT2D eigenvalue weighted by Gasteiger charge is -2.33. The first kappa shape index (κ1) is 21.2. The Bertz CT molecular complexity index is 1120. The molecule has 166 valence electrons. The van der Waals surface area contributed by atoms with E-state index in [4.69, 9.17) is 13.9 Å². The first-order chi connectivity index (χ1) is 15.6. The highest BCUT2D eigenvalue weighted by Gasteiger charge is 2.42. The van der Waals surface area contributed by atoms with E-state index in [1.807, 2.05) is 36.4 Å². The van der Waals surface area contributed by atoms with Crippen LogP contribution in [0.3, 0.4) is 0 Å². The largest absolute Gasteiger partial charge is 0.475 e. The smallest absolute Gasteiger partial charge is 0.464 e. The molecule has 2 aliphatic heterocycles. The average molecular weight is 435 g/mol. The first-order valence-electron chi connectivity index (χ1n) is 11.0. The standard InChI is InChI=1S/C24H26BNO6/c27-23(26-22(25(28)29)12-17-14-31-21-7-2-1-5-18(17)21)13-16-4-3-6-20-19(16)15-32-24(20)8-10-30-11-9-24/h1-7,14,22,28-29H,8-13,15H2,(H,26,27)/t22-/m0/s1. The predicted molar refractivity (Wildman–Crippen MR) is 119 cm³/mol. The molecule has 0 radical (unpaired) electrons. The molecule has 3 heterocycles. The van der Waals surface area contributed by atoms with Crippen molar-refractivity contribution in [2.75, 3.05) is 13.2 Å². The highest BCUT2D eigenvalue weighted by molar-refractivity contribution is 6.43. The van der Waals surface area contributed by atoms with Crippen molar-refractivity contribution in [2.45, 2.75) is 43.8 Å². The fourth-order valence-electron chi connectivity index (χ4n) is 4.89. The van der Waals surface area contributed by atoms with Gasteiger partial charge in [-0.2, -0.15) is 0 Å². The zero-order valence-electron chi connectivity index (χ0n) is 17.8. The third kappa shape index (κ3) is 3.95. The van der Waals surface area contributed by atoms with Gasteiger partial charge in [-0.05, 0) is 34.7 Å². The van der Waals surface area contributed by atoms with Gasteiger partial charge in [0.05, 0.1) is 30.8 Å². The summed E-state index contributed by atoms with van der Waals surface area (Å²) >= 11 is 0. The van der Waals surface area contributed by atoms with E-state index < -0.39 is 13.1 Å².